The van der Waals surface area contributed by atoms with Gasteiger partial charge in [0.2, 0.25) is 11.8 Å². The van der Waals surface area contributed by atoms with Crippen molar-refractivity contribution in [1.29, 1.82) is 0 Å². The second kappa shape index (κ2) is 7.07. The Balaban J connectivity index is 1.83. The lowest BCUT2D eigenvalue weighted by Gasteiger charge is -2.16. The Kier molecular flexibility index (Phi) is 4.97. The second-order valence-corrected chi connectivity index (χ2v) is 6.97. The smallest absolute Gasteiger partial charge is 0.416 e. The summed E-state index contributed by atoms with van der Waals surface area (Å²) >= 11 is 0.951. The van der Waals surface area contributed by atoms with Gasteiger partial charge in [0.15, 0.2) is 0 Å². The fourth-order valence-electron chi connectivity index (χ4n) is 2.67. The molecule has 0 aromatic heterocycles. The van der Waals surface area contributed by atoms with Crippen molar-refractivity contribution in [3.63, 3.8) is 0 Å². The molecule has 1 atom stereocenters. The van der Waals surface area contributed by atoms with E-state index in [9.17, 15) is 32.7 Å². The fraction of sp³-hybridized carbons (Fsp3) is 0.167. The summed E-state index contributed by atoms with van der Waals surface area (Å²) in [5.41, 5.74) is -0.824. The van der Waals surface area contributed by atoms with Gasteiger partial charge in [-0.15, -0.1) is 11.8 Å². The van der Waals surface area contributed by atoms with Crippen LogP contribution in [0.3, 0.4) is 0 Å². The van der Waals surface area contributed by atoms with E-state index in [-0.39, 0.29) is 17.7 Å². The van der Waals surface area contributed by atoms with Gasteiger partial charge in [-0.05, 0) is 36.4 Å². The van der Waals surface area contributed by atoms with Gasteiger partial charge >= 0.3 is 12.1 Å². The maximum absolute atomic E-state index is 12.7. The van der Waals surface area contributed by atoms with Crippen molar-refractivity contribution in [2.24, 2.45) is 0 Å². The molecule has 0 spiro atoms. The van der Waals surface area contributed by atoms with Gasteiger partial charge in [-0.1, -0.05) is 12.1 Å². The summed E-state index contributed by atoms with van der Waals surface area (Å²) in [6, 6.07) is 9.82. The number of carboxylic acids is 1. The molecule has 5 nitrogen and oxygen atoms in total. The molecular formula is C18H12F3NO4S. The van der Waals surface area contributed by atoms with Gasteiger partial charge in [-0.2, -0.15) is 13.2 Å². The molecule has 1 N–H and O–H groups in total. The molecule has 0 bridgehead atoms. The van der Waals surface area contributed by atoms with Crippen molar-refractivity contribution < 1.29 is 32.7 Å². The third kappa shape index (κ3) is 3.82. The molecule has 1 aliphatic heterocycles. The minimum atomic E-state index is -4.52. The minimum absolute atomic E-state index is 0.00993. The van der Waals surface area contributed by atoms with Crippen LogP contribution in [-0.4, -0.2) is 28.1 Å². The maximum Gasteiger partial charge on any atom is 0.416 e. The highest BCUT2D eigenvalue weighted by atomic mass is 32.2. The lowest BCUT2D eigenvalue weighted by atomic mass is 10.2. The molecule has 1 unspecified atom stereocenters. The molecule has 2 aromatic carbocycles. The number of benzene rings is 2. The largest absolute Gasteiger partial charge is 0.478 e. The normalized spacial score (nSPS) is 17.4. The average molecular weight is 395 g/mol. The third-order valence-electron chi connectivity index (χ3n) is 3.94. The van der Waals surface area contributed by atoms with Crippen molar-refractivity contribution in [2.75, 3.05) is 4.90 Å². The molecule has 1 heterocycles. The number of hydrogen-bond acceptors (Lipinski definition) is 4. The number of amides is 2. The molecule has 1 fully saturated rings. The highest BCUT2D eigenvalue weighted by Gasteiger charge is 2.41. The molecule has 1 saturated heterocycles. The van der Waals surface area contributed by atoms with E-state index >= 15 is 0 Å². The molecule has 3 rings (SSSR count). The van der Waals surface area contributed by atoms with Crippen LogP contribution in [0, 0.1) is 0 Å². The number of anilines is 1. The summed E-state index contributed by atoms with van der Waals surface area (Å²) in [6.45, 7) is 0. The predicted molar refractivity (Wildman–Crippen MR) is 91.6 cm³/mol. The summed E-state index contributed by atoms with van der Waals surface area (Å²) in [7, 11) is 0. The number of carbonyl (C=O) groups is 3. The Morgan fingerprint density at radius 3 is 2.30 bits per heavy atom. The number of alkyl halides is 3. The predicted octanol–water partition coefficient (Wildman–Crippen LogP) is 3.83. The summed E-state index contributed by atoms with van der Waals surface area (Å²) in [4.78, 5) is 37.3. The van der Waals surface area contributed by atoms with Crippen LogP contribution in [0.25, 0.3) is 0 Å². The van der Waals surface area contributed by atoms with E-state index < -0.39 is 34.8 Å². The topological polar surface area (TPSA) is 74.7 Å². The van der Waals surface area contributed by atoms with Gasteiger partial charge in [0.05, 0.1) is 22.1 Å². The zero-order chi connectivity index (χ0) is 19.8. The van der Waals surface area contributed by atoms with Gasteiger partial charge in [-0.25, -0.2) is 9.69 Å². The van der Waals surface area contributed by atoms with Gasteiger partial charge in [0.25, 0.3) is 0 Å². The van der Waals surface area contributed by atoms with Crippen LogP contribution in [-0.2, 0) is 15.8 Å². The number of thioether (sulfide) groups is 1. The average Bonchev–Trinajstić information content (AvgIpc) is 2.88. The number of carboxylic acid groups (broad SMARTS) is 1. The van der Waals surface area contributed by atoms with Crippen molar-refractivity contribution in [2.45, 2.75) is 22.7 Å². The zero-order valence-electron chi connectivity index (χ0n) is 13.6. The van der Waals surface area contributed by atoms with Crippen molar-refractivity contribution in [3.8, 4) is 0 Å². The third-order valence-corrected chi connectivity index (χ3v) is 5.21. The number of rotatable bonds is 4. The van der Waals surface area contributed by atoms with Crippen LogP contribution < -0.4 is 4.90 Å². The molecule has 0 saturated carbocycles. The molecule has 140 valence electrons. The van der Waals surface area contributed by atoms with Gasteiger partial charge < -0.3 is 5.11 Å². The molecule has 1 aliphatic rings. The first-order chi connectivity index (χ1) is 12.7. The van der Waals surface area contributed by atoms with E-state index in [1.54, 1.807) is 12.1 Å². The Hall–Kier alpha value is -2.81. The minimum Gasteiger partial charge on any atom is -0.478 e. The van der Waals surface area contributed by atoms with E-state index in [0.717, 1.165) is 40.9 Å². The first-order valence-electron chi connectivity index (χ1n) is 7.71. The van der Waals surface area contributed by atoms with E-state index in [0.29, 0.717) is 4.90 Å². The van der Waals surface area contributed by atoms with Crippen molar-refractivity contribution in [1.82, 2.24) is 0 Å². The molecule has 27 heavy (non-hydrogen) atoms. The Morgan fingerprint density at radius 2 is 1.70 bits per heavy atom. The molecule has 0 radical (unpaired) electrons. The Morgan fingerprint density at radius 1 is 1.07 bits per heavy atom. The van der Waals surface area contributed by atoms with Gasteiger partial charge in [-0.3, -0.25) is 9.59 Å². The van der Waals surface area contributed by atoms with Crippen LogP contribution in [0.2, 0.25) is 0 Å². The highest BCUT2D eigenvalue weighted by molar-refractivity contribution is 8.00. The van der Waals surface area contributed by atoms with Crippen molar-refractivity contribution >= 4 is 35.2 Å². The molecule has 2 aromatic rings. The Bertz CT molecular complexity index is 912. The summed E-state index contributed by atoms with van der Waals surface area (Å²) < 4.78 is 38.0. The molecule has 2 amide bonds. The van der Waals surface area contributed by atoms with E-state index in [1.165, 1.54) is 12.1 Å². The number of carbonyl (C=O) groups excluding carboxylic acids is 2. The van der Waals surface area contributed by atoms with Crippen LogP contribution in [0.4, 0.5) is 18.9 Å². The molecule has 9 heteroatoms. The summed E-state index contributed by atoms with van der Waals surface area (Å²) in [5.74, 6) is -2.30. The standard InChI is InChI=1S/C18H12F3NO4S/c19-18(20,21)10-5-7-11(8-6-10)22-15(23)9-14(16(22)24)27-13-4-2-1-3-12(13)17(25)26/h1-8,14H,9H2,(H,25,26). The molecular weight excluding hydrogens is 383 g/mol. The maximum atomic E-state index is 12.7. The summed E-state index contributed by atoms with van der Waals surface area (Å²) in [6.07, 6.45) is -4.69. The number of halogens is 3. The highest BCUT2D eigenvalue weighted by Crippen LogP contribution is 2.36. The monoisotopic (exact) mass is 395 g/mol. The SMILES string of the molecule is O=C(O)c1ccccc1SC1CC(=O)N(c2ccc(C(F)(F)F)cc2)C1=O. The van der Waals surface area contributed by atoms with E-state index in [4.69, 9.17) is 0 Å². The number of hydrogen-bond donors (Lipinski definition) is 1. The fourth-order valence-corrected chi connectivity index (χ4v) is 3.84. The first kappa shape index (κ1) is 19.0. The van der Waals surface area contributed by atoms with Crippen molar-refractivity contribution in [3.05, 3.63) is 59.7 Å². The lowest BCUT2D eigenvalue weighted by molar-refractivity contribution is -0.137. The van der Waals surface area contributed by atoms with E-state index in [2.05, 4.69) is 0 Å². The summed E-state index contributed by atoms with van der Waals surface area (Å²) in [5, 5.41) is 8.36. The Labute approximate surface area is 155 Å². The lowest BCUT2D eigenvalue weighted by Crippen LogP contribution is -2.31. The van der Waals surface area contributed by atoms with Crippen LogP contribution in [0.1, 0.15) is 22.3 Å². The van der Waals surface area contributed by atoms with Gasteiger partial charge in [0, 0.05) is 11.3 Å². The van der Waals surface area contributed by atoms with E-state index in [1.807, 2.05) is 0 Å². The molecule has 0 aliphatic carbocycles. The zero-order valence-corrected chi connectivity index (χ0v) is 14.4. The number of imide groups is 1. The number of nitrogens with zero attached hydrogens (tertiary/aromatic N) is 1. The van der Waals surface area contributed by atoms with Crippen LogP contribution in [0.5, 0.6) is 0 Å². The van der Waals surface area contributed by atoms with Gasteiger partial charge in [0.1, 0.15) is 0 Å². The number of aromatic carboxylic acids is 1. The quantitative estimate of drug-likeness (QED) is 0.797. The first-order valence-corrected chi connectivity index (χ1v) is 8.59. The van der Waals surface area contributed by atoms with Crippen LogP contribution >= 0.6 is 11.8 Å². The second-order valence-electron chi connectivity index (χ2n) is 5.72. The van der Waals surface area contributed by atoms with Crippen LogP contribution in [0.15, 0.2) is 53.4 Å².